The Labute approximate surface area is 115 Å². The van der Waals surface area contributed by atoms with Crippen molar-refractivity contribution in [3.63, 3.8) is 0 Å². The zero-order valence-corrected chi connectivity index (χ0v) is 12.2. The van der Waals surface area contributed by atoms with Gasteiger partial charge in [0.1, 0.15) is 5.75 Å². The average molecular weight is 264 g/mol. The molecule has 4 nitrogen and oxygen atoms in total. The van der Waals surface area contributed by atoms with Gasteiger partial charge in [-0.15, -0.1) is 0 Å². The standard InChI is InChI=1S/C15H24N2O2/c1-5-17(15(18)14(16)11(2)3)10-12-8-6-7-9-13(12)19-4/h6-9,11,14H,5,10,16H2,1-4H3. The highest BCUT2D eigenvalue weighted by Gasteiger charge is 2.23. The number of ether oxygens (including phenoxy) is 1. The molecule has 0 radical (unpaired) electrons. The van der Waals surface area contributed by atoms with Gasteiger partial charge in [0, 0.05) is 18.7 Å². The second-order valence-electron chi connectivity index (χ2n) is 4.93. The van der Waals surface area contributed by atoms with Crippen LogP contribution in [0.1, 0.15) is 26.3 Å². The maximum absolute atomic E-state index is 12.3. The van der Waals surface area contributed by atoms with E-state index in [0.29, 0.717) is 13.1 Å². The van der Waals surface area contributed by atoms with Gasteiger partial charge in [-0.25, -0.2) is 0 Å². The number of rotatable bonds is 6. The number of hydrogen-bond donors (Lipinski definition) is 1. The van der Waals surface area contributed by atoms with Gasteiger partial charge >= 0.3 is 0 Å². The summed E-state index contributed by atoms with van der Waals surface area (Å²) in [5, 5.41) is 0. The van der Waals surface area contributed by atoms with E-state index < -0.39 is 6.04 Å². The van der Waals surface area contributed by atoms with Gasteiger partial charge in [0.25, 0.3) is 0 Å². The van der Waals surface area contributed by atoms with Crippen molar-refractivity contribution in [2.45, 2.75) is 33.4 Å². The first kappa shape index (κ1) is 15.5. The Morgan fingerprint density at radius 3 is 2.53 bits per heavy atom. The highest BCUT2D eigenvalue weighted by molar-refractivity contribution is 5.81. The summed E-state index contributed by atoms with van der Waals surface area (Å²) in [5.41, 5.74) is 6.93. The van der Waals surface area contributed by atoms with Crippen LogP contribution in [0.3, 0.4) is 0 Å². The minimum atomic E-state index is -0.449. The molecular formula is C15H24N2O2. The highest BCUT2D eigenvalue weighted by Crippen LogP contribution is 2.19. The Morgan fingerprint density at radius 2 is 2.00 bits per heavy atom. The van der Waals surface area contributed by atoms with Gasteiger partial charge in [-0.2, -0.15) is 0 Å². The highest BCUT2D eigenvalue weighted by atomic mass is 16.5. The van der Waals surface area contributed by atoms with Gasteiger partial charge in [-0.05, 0) is 18.9 Å². The van der Waals surface area contributed by atoms with E-state index in [1.165, 1.54) is 0 Å². The third-order valence-electron chi connectivity index (χ3n) is 3.25. The number of carbonyl (C=O) groups excluding carboxylic acids is 1. The van der Waals surface area contributed by atoms with E-state index in [1.807, 2.05) is 45.0 Å². The molecule has 0 aliphatic carbocycles. The van der Waals surface area contributed by atoms with Crippen molar-refractivity contribution in [1.82, 2.24) is 4.90 Å². The minimum Gasteiger partial charge on any atom is -0.496 e. The fraction of sp³-hybridized carbons (Fsp3) is 0.533. The number of nitrogens with zero attached hydrogens (tertiary/aromatic N) is 1. The SMILES string of the molecule is CCN(Cc1ccccc1OC)C(=O)C(N)C(C)C. The summed E-state index contributed by atoms with van der Waals surface area (Å²) < 4.78 is 5.31. The van der Waals surface area contributed by atoms with E-state index in [2.05, 4.69) is 0 Å². The van der Waals surface area contributed by atoms with Gasteiger partial charge in [-0.1, -0.05) is 32.0 Å². The fourth-order valence-electron chi connectivity index (χ4n) is 1.88. The van der Waals surface area contributed by atoms with Crippen LogP contribution in [0, 0.1) is 5.92 Å². The molecule has 4 heteroatoms. The van der Waals surface area contributed by atoms with Gasteiger partial charge in [0.15, 0.2) is 0 Å². The molecule has 0 fully saturated rings. The van der Waals surface area contributed by atoms with Crippen molar-refractivity contribution >= 4 is 5.91 Å². The van der Waals surface area contributed by atoms with Crippen LogP contribution >= 0.6 is 0 Å². The second kappa shape index (κ2) is 7.14. The molecule has 19 heavy (non-hydrogen) atoms. The lowest BCUT2D eigenvalue weighted by molar-refractivity contribution is -0.134. The molecule has 106 valence electrons. The quantitative estimate of drug-likeness (QED) is 0.855. The molecule has 0 aliphatic rings. The molecule has 0 saturated carbocycles. The molecule has 1 aromatic rings. The molecular weight excluding hydrogens is 240 g/mol. The van der Waals surface area contributed by atoms with Crippen LogP contribution in [0.15, 0.2) is 24.3 Å². The molecule has 1 atom stereocenters. The van der Waals surface area contributed by atoms with Crippen molar-refractivity contribution in [3.05, 3.63) is 29.8 Å². The van der Waals surface area contributed by atoms with E-state index in [4.69, 9.17) is 10.5 Å². The summed E-state index contributed by atoms with van der Waals surface area (Å²) in [6.07, 6.45) is 0. The summed E-state index contributed by atoms with van der Waals surface area (Å²) in [5.74, 6) is 0.925. The molecule has 0 heterocycles. The molecule has 0 saturated heterocycles. The van der Waals surface area contributed by atoms with E-state index in [-0.39, 0.29) is 11.8 Å². The van der Waals surface area contributed by atoms with Gasteiger partial charge < -0.3 is 15.4 Å². The summed E-state index contributed by atoms with van der Waals surface area (Å²) in [7, 11) is 1.64. The molecule has 1 aromatic carbocycles. The van der Waals surface area contributed by atoms with Crippen molar-refractivity contribution in [1.29, 1.82) is 0 Å². The normalized spacial score (nSPS) is 12.3. The molecule has 0 aliphatic heterocycles. The van der Waals surface area contributed by atoms with Crippen molar-refractivity contribution in [3.8, 4) is 5.75 Å². The van der Waals surface area contributed by atoms with E-state index in [0.717, 1.165) is 11.3 Å². The van der Waals surface area contributed by atoms with Crippen LogP contribution in [0.5, 0.6) is 5.75 Å². The van der Waals surface area contributed by atoms with Crippen molar-refractivity contribution < 1.29 is 9.53 Å². The van der Waals surface area contributed by atoms with Gasteiger partial charge in [-0.3, -0.25) is 4.79 Å². The predicted octanol–water partition coefficient (Wildman–Crippen LogP) is 2.03. The second-order valence-corrected chi connectivity index (χ2v) is 4.93. The number of likely N-dealkylation sites (N-methyl/N-ethyl adjacent to an activating group) is 1. The fourth-order valence-corrected chi connectivity index (χ4v) is 1.88. The van der Waals surface area contributed by atoms with Crippen LogP contribution in [-0.4, -0.2) is 30.5 Å². The average Bonchev–Trinajstić information content (AvgIpc) is 2.43. The maximum atomic E-state index is 12.3. The lowest BCUT2D eigenvalue weighted by Gasteiger charge is -2.26. The topological polar surface area (TPSA) is 55.6 Å². The Kier molecular flexibility index (Phi) is 5.83. The monoisotopic (exact) mass is 264 g/mol. The largest absolute Gasteiger partial charge is 0.496 e. The molecule has 2 N–H and O–H groups in total. The summed E-state index contributed by atoms with van der Waals surface area (Å²) in [6.45, 7) is 7.04. The van der Waals surface area contributed by atoms with Crippen LogP contribution in [0.2, 0.25) is 0 Å². The van der Waals surface area contributed by atoms with Crippen LogP contribution in [0.25, 0.3) is 0 Å². The van der Waals surface area contributed by atoms with Crippen molar-refractivity contribution in [2.75, 3.05) is 13.7 Å². The summed E-state index contributed by atoms with van der Waals surface area (Å²) in [4.78, 5) is 14.0. The number of carbonyl (C=O) groups is 1. The van der Waals surface area contributed by atoms with Crippen molar-refractivity contribution in [2.24, 2.45) is 11.7 Å². The number of para-hydroxylation sites is 1. The van der Waals surface area contributed by atoms with Crippen LogP contribution < -0.4 is 10.5 Å². The Hall–Kier alpha value is -1.55. The van der Waals surface area contributed by atoms with Crippen LogP contribution in [-0.2, 0) is 11.3 Å². The van der Waals surface area contributed by atoms with Crippen LogP contribution in [0.4, 0.5) is 0 Å². The van der Waals surface area contributed by atoms with E-state index >= 15 is 0 Å². The minimum absolute atomic E-state index is 0.0107. The molecule has 1 unspecified atom stereocenters. The number of nitrogens with two attached hydrogens (primary N) is 1. The van der Waals surface area contributed by atoms with Gasteiger partial charge in [0.05, 0.1) is 13.2 Å². The number of benzene rings is 1. The molecule has 0 spiro atoms. The number of amides is 1. The molecule has 1 amide bonds. The number of hydrogen-bond acceptors (Lipinski definition) is 3. The third-order valence-corrected chi connectivity index (χ3v) is 3.25. The lowest BCUT2D eigenvalue weighted by atomic mass is 10.0. The summed E-state index contributed by atoms with van der Waals surface area (Å²) in [6, 6.07) is 7.28. The van der Waals surface area contributed by atoms with E-state index in [1.54, 1.807) is 12.0 Å². The first-order chi connectivity index (χ1) is 9.01. The summed E-state index contributed by atoms with van der Waals surface area (Å²) >= 11 is 0. The first-order valence-corrected chi connectivity index (χ1v) is 6.67. The lowest BCUT2D eigenvalue weighted by Crippen LogP contribution is -2.46. The zero-order chi connectivity index (χ0) is 14.4. The Bertz CT molecular complexity index is 418. The molecule has 0 bridgehead atoms. The van der Waals surface area contributed by atoms with Gasteiger partial charge in [0.2, 0.25) is 5.91 Å². The Morgan fingerprint density at radius 1 is 1.37 bits per heavy atom. The molecule has 1 rings (SSSR count). The van der Waals surface area contributed by atoms with E-state index in [9.17, 15) is 4.79 Å². The zero-order valence-electron chi connectivity index (χ0n) is 12.2. The predicted molar refractivity (Wildman–Crippen MR) is 76.9 cm³/mol. The maximum Gasteiger partial charge on any atom is 0.240 e. The third kappa shape index (κ3) is 3.96. The number of methoxy groups -OCH3 is 1. The molecule has 0 aromatic heterocycles. The first-order valence-electron chi connectivity index (χ1n) is 6.67. The Balaban J connectivity index is 2.85. The smallest absolute Gasteiger partial charge is 0.240 e.